The normalized spacial score (nSPS) is 11.4. The fourth-order valence-corrected chi connectivity index (χ4v) is 2.30. The van der Waals surface area contributed by atoms with Crippen LogP contribution >= 0.6 is 0 Å². The highest BCUT2D eigenvalue weighted by molar-refractivity contribution is 5.98. The molecular weight excluding hydrogens is 322 g/mol. The number of nitrogens with one attached hydrogen (secondary N) is 1. The van der Waals surface area contributed by atoms with Crippen LogP contribution in [-0.4, -0.2) is 32.2 Å². The monoisotopic (exact) mass is 343 g/mol. The second-order valence-electron chi connectivity index (χ2n) is 5.37. The maximum Gasteiger partial charge on any atom is 0.338 e. The van der Waals surface area contributed by atoms with Crippen LogP contribution in [0.2, 0.25) is 0 Å². The molecule has 0 aromatic heterocycles. The van der Waals surface area contributed by atoms with Crippen LogP contribution in [0.4, 0.5) is 5.69 Å². The molecule has 2 aromatic carbocycles. The summed E-state index contributed by atoms with van der Waals surface area (Å²) in [5.74, 6) is 0.238. The quantitative estimate of drug-likeness (QED) is 0.816. The molecule has 0 radical (unpaired) electrons. The largest absolute Gasteiger partial charge is 0.493 e. The number of amides is 1. The number of carbonyl (C=O) groups is 2. The molecule has 0 unspecified atom stereocenters. The molecule has 0 saturated heterocycles. The van der Waals surface area contributed by atoms with E-state index in [1.54, 1.807) is 50.2 Å². The van der Waals surface area contributed by atoms with E-state index >= 15 is 0 Å². The second kappa shape index (κ2) is 8.19. The Labute approximate surface area is 146 Å². The standard InChI is InChI=1S/C19H21NO5/c1-12-14(19(22)24-4)8-7-9-15(12)20-18(21)13(2)25-17-11-6-5-10-16(17)23-3/h5-11,13H,1-4H3,(H,20,21)/t13-/m0/s1. The van der Waals surface area contributed by atoms with E-state index in [-0.39, 0.29) is 5.91 Å². The third-order valence-electron chi connectivity index (χ3n) is 3.74. The van der Waals surface area contributed by atoms with Crippen molar-refractivity contribution in [3.05, 3.63) is 53.6 Å². The lowest BCUT2D eigenvalue weighted by Gasteiger charge is -2.18. The summed E-state index contributed by atoms with van der Waals surface area (Å²) in [6.07, 6.45) is -0.752. The fourth-order valence-electron chi connectivity index (χ4n) is 2.30. The molecule has 0 aliphatic rings. The predicted molar refractivity (Wildman–Crippen MR) is 94.2 cm³/mol. The van der Waals surface area contributed by atoms with E-state index in [0.29, 0.717) is 28.3 Å². The number of esters is 1. The van der Waals surface area contributed by atoms with Gasteiger partial charge in [-0.2, -0.15) is 0 Å². The molecule has 0 aliphatic heterocycles. The molecule has 0 spiro atoms. The lowest BCUT2D eigenvalue weighted by atomic mass is 10.1. The van der Waals surface area contributed by atoms with E-state index in [2.05, 4.69) is 5.32 Å². The first kappa shape index (κ1) is 18.3. The number of hydrogen-bond acceptors (Lipinski definition) is 5. The summed E-state index contributed by atoms with van der Waals surface area (Å²) in [6, 6.07) is 12.1. The molecule has 0 saturated carbocycles. The van der Waals surface area contributed by atoms with Crippen LogP contribution in [0.3, 0.4) is 0 Å². The highest BCUT2D eigenvalue weighted by atomic mass is 16.5. The smallest absolute Gasteiger partial charge is 0.338 e. The minimum atomic E-state index is -0.752. The fraction of sp³-hybridized carbons (Fsp3) is 0.263. The van der Waals surface area contributed by atoms with Crippen molar-refractivity contribution < 1.29 is 23.8 Å². The summed E-state index contributed by atoms with van der Waals surface area (Å²) in [5.41, 5.74) is 1.56. The third kappa shape index (κ3) is 4.29. The van der Waals surface area contributed by atoms with Gasteiger partial charge < -0.3 is 19.5 Å². The van der Waals surface area contributed by atoms with Crippen molar-refractivity contribution in [2.75, 3.05) is 19.5 Å². The van der Waals surface area contributed by atoms with E-state index in [1.807, 2.05) is 6.07 Å². The van der Waals surface area contributed by atoms with E-state index in [0.717, 1.165) is 0 Å². The molecule has 2 rings (SSSR count). The van der Waals surface area contributed by atoms with Crippen molar-refractivity contribution in [2.24, 2.45) is 0 Å². The molecule has 0 bridgehead atoms. The topological polar surface area (TPSA) is 73.9 Å². The lowest BCUT2D eigenvalue weighted by molar-refractivity contribution is -0.122. The molecule has 6 heteroatoms. The summed E-state index contributed by atoms with van der Waals surface area (Å²) in [7, 11) is 2.85. The Bertz CT molecular complexity index is 772. The van der Waals surface area contributed by atoms with E-state index in [1.165, 1.54) is 14.2 Å². The second-order valence-corrected chi connectivity index (χ2v) is 5.37. The number of anilines is 1. The molecule has 25 heavy (non-hydrogen) atoms. The Hall–Kier alpha value is -3.02. The molecular formula is C19H21NO5. The molecule has 132 valence electrons. The molecule has 0 aliphatic carbocycles. The average Bonchev–Trinajstić information content (AvgIpc) is 2.63. The predicted octanol–water partition coefficient (Wildman–Crippen LogP) is 3.20. The van der Waals surface area contributed by atoms with Gasteiger partial charge in [0.1, 0.15) is 0 Å². The van der Waals surface area contributed by atoms with Gasteiger partial charge >= 0.3 is 5.97 Å². The van der Waals surface area contributed by atoms with Gasteiger partial charge in [-0.3, -0.25) is 4.79 Å². The van der Waals surface area contributed by atoms with Crippen LogP contribution in [0.15, 0.2) is 42.5 Å². The maximum absolute atomic E-state index is 12.4. The molecule has 0 heterocycles. The highest BCUT2D eigenvalue weighted by Gasteiger charge is 2.19. The molecule has 1 amide bonds. The van der Waals surface area contributed by atoms with Gasteiger partial charge in [0.25, 0.3) is 5.91 Å². The van der Waals surface area contributed by atoms with Gasteiger partial charge in [0.05, 0.1) is 19.8 Å². The van der Waals surface area contributed by atoms with Crippen LogP contribution in [-0.2, 0) is 9.53 Å². The van der Waals surface area contributed by atoms with Gasteiger partial charge in [0, 0.05) is 5.69 Å². The minimum Gasteiger partial charge on any atom is -0.493 e. The summed E-state index contributed by atoms with van der Waals surface area (Å²) in [4.78, 5) is 24.2. The van der Waals surface area contributed by atoms with Crippen molar-refractivity contribution in [3.8, 4) is 11.5 Å². The summed E-state index contributed by atoms with van der Waals surface area (Å²) in [5, 5.41) is 2.77. The number of hydrogen-bond donors (Lipinski definition) is 1. The summed E-state index contributed by atoms with van der Waals surface area (Å²) < 4.78 is 15.6. The SMILES string of the molecule is COC(=O)c1cccc(NC(=O)[C@H](C)Oc2ccccc2OC)c1C. The van der Waals surface area contributed by atoms with Gasteiger partial charge in [-0.1, -0.05) is 18.2 Å². The minimum absolute atomic E-state index is 0.337. The number of ether oxygens (including phenoxy) is 3. The van der Waals surface area contributed by atoms with Crippen molar-refractivity contribution in [2.45, 2.75) is 20.0 Å². The molecule has 6 nitrogen and oxygen atoms in total. The van der Waals surface area contributed by atoms with Crippen LogP contribution in [0.1, 0.15) is 22.8 Å². The molecule has 0 fully saturated rings. The highest BCUT2D eigenvalue weighted by Crippen LogP contribution is 2.27. The van der Waals surface area contributed by atoms with Gasteiger partial charge in [-0.15, -0.1) is 0 Å². The zero-order valence-corrected chi connectivity index (χ0v) is 14.7. The first-order chi connectivity index (χ1) is 12.0. The Balaban J connectivity index is 2.13. The van der Waals surface area contributed by atoms with Crippen molar-refractivity contribution >= 4 is 17.6 Å². The molecule has 1 N–H and O–H groups in total. The van der Waals surface area contributed by atoms with Gasteiger partial charge in [0.2, 0.25) is 0 Å². The Morgan fingerprint density at radius 3 is 2.32 bits per heavy atom. The maximum atomic E-state index is 12.4. The van der Waals surface area contributed by atoms with Crippen LogP contribution in [0.5, 0.6) is 11.5 Å². The van der Waals surface area contributed by atoms with Crippen LogP contribution in [0.25, 0.3) is 0 Å². The van der Waals surface area contributed by atoms with Crippen molar-refractivity contribution in [1.82, 2.24) is 0 Å². The van der Waals surface area contributed by atoms with Crippen molar-refractivity contribution in [1.29, 1.82) is 0 Å². The number of carbonyl (C=O) groups excluding carboxylic acids is 2. The number of para-hydroxylation sites is 2. The zero-order valence-electron chi connectivity index (χ0n) is 14.7. The molecule has 2 aromatic rings. The van der Waals surface area contributed by atoms with Gasteiger partial charge in [-0.25, -0.2) is 4.79 Å². The first-order valence-corrected chi connectivity index (χ1v) is 7.76. The van der Waals surface area contributed by atoms with E-state index in [4.69, 9.17) is 14.2 Å². The Morgan fingerprint density at radius 2 is 1.68 bits per heavy atom. The average molecular weight is 343 g/mol. The van der Waals surface area contributed by atoms with Crippen LogP contribution in [0, 0.1) is 6.92 Å². The first-order valence-electron chi connectivity index (χ1n) is 7.76. The summed E-state index contributed by atoms with van der Waals surface area (Å²) >= 11 is 0. The number of methoxy groups -OCH3 is 2. The van der Waals surface area contributed by atoms with Gasteiger partial charge in [-0.05, 0) is 43.7 Å². The van der Waals surface area contributed by atoms with E-state index < -0.39 is 12.1 Å². The molecule has 1 atom stereocenters. The summed E-state index contributed by atoms with van der Waals surface area (Å²) in [6.45, 7) is 3.38. The number of benzene rings is 2. The third-order valence-corrected chi connectivity index (χ3v) is 3.74. The van der Waals surface area contributed by atoms with Crippen molar-refractivity contribution in [3.63, 3.8) is 0 Å². The Morgan fingerprint density at radius 1 is 1.00 bits per heavy atom. The van der Waals surface area contributed by atoms with Gasteiger partial charge in [0.15, 0.2) is 17.6 Å². The number of rotatable bonds is 6. The zero-order chi connectivity index (χ0) is 18.4. The van der Waals surface area contributed by atoms with E-state index in [9.17, 15) is 9.59 Å². The lowest BCUT2D eigenvalue weighted by Crippen LogP contribution is -2.30. The van der Waals surface area contributed by atoms with Crippen LogP contribution < -0.4 is 14.8 Å². The Kier molecular flexibility index (Phi) is 6.00.